The minimum Gasteiger partial charge on any atom is -0.505 e. The molecule has 0 atom stereocenters. The fourth-order valence-corrected chi connectivity index (χ4v) is 2.10. The first-order valence-electron chi connectivity index (χ1n) is 5.53. The molecule has 0 aliphatic rings. The number of carbonyl (C=O) groups is 1. The second kappa shape index (κ2) is 5.70. The fraction of sp³-hybridized carbons (Fsp3) is 0. The second-order valence-electron chi connectivity index (χ2n) is 3.86. The molecule has 0 aliphatic carbocycles. The molecule has 2 aromatic rings. The van der Waals surface area contributed by atoms with Crippen LogP contribution in [-0.2, 0) is 0 Å². The molecule has 20 heavy (non-hydrogen) atoms. The van der Waals surface area contributed by atoms with Crippen LogP contribution in [0.2, 0.25) is 0 Å². The first-order chi connectivity index (χ1) is 9.50. The number of para-hydroxylation sites is 1. The summed E-state index contributed by atoms with van der Waals surface area (Å²) in [6, 6.07) is 10.4. The third kappa shape index (κ3) is 2.77. The van der Waals surface area contributed by atoms with Crippen LogP contribution in [0.15, 0.2) is 46.9 Å². The third-order valence-corrected chi connectivity index (χ3v) is 3.27. The van der Waals surface area contributed by atoms with Gasteiger partial charge in [-0.2, -0.15) is 0 Å². The Bertz CT molecular complexity index is 688. The van der Waals surface area contributed by atoms with Gasteiger partial charge in [0.15, 0.2) is 5.69 Å². The highest BCUT2D eigenvalue weighted by molar-refractivity contribution is 9.10. The van der Waals surface area contributed by atoms with Gasteiger partial charge in [-0.1, -0.05) is 18.2 Å². The lowest BCUT2D eigenvalue weighted by molar-refractivity contribution is -0.384. The van der Waals surface area contributed by atoms with Gasteiger partial charge >= 0.3 is 0 Å². The standard InChI is InChI=1S/C13H9BrN2O4/c14-9-5-2-1-4-8(9)13(18)15-12-10(16(19)20)6-3-7-11(12)17/h1-7,17H,(H,15,18). The predicted octanol–water partition coefficient (Wildman–Crippen LogP) is 3.32. The van der Waals surface area contributed by atoms with Crippen LogP contribution in [0.4, 0.5) is 11.4 Å². The molecule has 7 heteroatoms. The molecule has 0 heterocycles. The molecule has 0 fully saturated rings. The van der Waals surface area contributed by atoms with Gasteiger partial charge in [0.1, 0.15) is 5.75 Å². The van der Waals surface area contributed by atoms with Crippen molar-refractivity contribution in [2.24, 2.45) is 0 Å². The Labute approximate surface area is 122 Å². The number of halogens is 1. The zero-order valence-corrected chi connectivity index (χ0v) is 11.6. The maximum atomic E-state index is 12.1. The van der Waals surface area contributed by atoms with E-state index in [2.05, 4.69) is 21.2 Å². The number of anilines is 1. The molecule has 0 spiro atoms. The van der Waals surface area contributed by atoms with Gasteiger partial charge < -0.3 is 10.4 Å². The predicted molar refractivity (Wildman–Crippen MR) is 76.9 cm³/mol. The van der Waals surface area contributed by atoms with Crippen molar-refractivity contribution in [2.75, 3.05) is 5.32 Å². The number of nitro groups is 1. The van der Waals surface area contributed by atoms with E-state index < -0.39 is 10.8 Å². The largest absolute Gasteiger partial charge is 0.505 e. The highest BCUT2D eigenvalue weighted by atomic mass is 79.9. The topological polar surface area (TPSA) is 92.5 Å². The lowest BCUT2D eigenvalue weighted by Gasteiger charge is -2.08. The molecule has 0 bridgehead atoms. The fourth-order valence-electron chi connectivity index (χ4n) is 1.63. The van der Waals surface area contributed by atoms with E-state index >= 15 is 0 Å². The van der Waals surface area contributed by atoms with Crippen LogP contribution in [0.3, 0.4) is 0 Å². The molecular weight excluding hydrogens is 328 g/mol. The summed E-state index contributed by atoms with van der Waals surface area (Å²) in [5, 5.41) is 22.9. The number of nitrogens with one attached hydrogen (secondary N) is 1. The summed E-state index contributed by atoms with van der Waals surface area (Å²) in [5.41, 5.74) is -0.284. The number of nitro benzene ring substituents is 1. The lowest BCUT2D eigenvalue weighted by Crippen LogP contribution is -2.13. The van der Waals surface area contributed by atoms with Crippen LogP contribution >= 0.6 is 15.9 Å². The van der Waals surface area contributed by atoms with E-state index in [9.17, 15) is 20.0 Å². The number of phenolic OH excluding ortho intramolecular Hbond substituents is 1. The van der Waals surface area contributed by atoms with E-state index in [1.807, 2.05) is 0 Å². The zero-order valence-electron chi connectivity index (χ0n) is 10.0. The molecule has 6 nitrogen and oxygen atoms in total. The number of hydrogen-bond donors (Lipinski definition) is 2. The maximum absolute atomic E-state index is 12.1. The first-order valence-corrected chi connectivity index (χ1v) is 6.32. The average Bonchev–Trinajstić information content (AvgIpc) is 2.41. The van der Waals surface area contributed by atoms with Crippen LogP contribution in [0.1, 0.15) is 10.4 Å². The summed E-state index contributed by atoms with van der Waals surface area (Å²) in [5.74, 6) is -0.915. The van der Waals surface area contributed by atoms with E-state index in [4.69, 9.17) is 0 Å². The Morgan fingerprint density at radius 3 is 2.55 bits per heavy atom. The minimum atomic E-state index is -0.671. The van der Waals surface area contributed by atoms with E-state index in [1.165, 1.54) is 18.2 Å². The Hall–Kier alpha value is -2.41. The molecule has 102 valence electrons. The van der Waals surface area contributed by atoms with Gasteiger partial charge in [0, 0.05) is 10.5 Å². The Morgan fingerprint density at radius 2 is 1.90 bits per heavy atom. The van der Waals surface area contributed by atoms with Crippen molar-refractivity contribution >= 4 is 33.2 Å². The monoisotopic (exact) mass is 336 g/mol. The normalized spacial score (nSPS) is 10.1. The van der Waals surface area contributed by atoms with Crippen LogP contribution in [0, 0.1) is 10.1 Å². The van der Waals surface area contributed by atoms with Gasteiger partial charge in [-0.3, -0.25) is 14.9 Å². The maximum Gasteiger partial charge on any atom is 0.296 e. The number of aromatic hydroxyl groups is 1. The molecule has 2 aromatic carbocycles. The van der Waals surface area contributed by atoms with Gasteiger partial charge in [0.05, 0.1) is 10.5 Å². The molecule has 0 saturated heterocycles. The van der Waals surface area contributed by atoms with Crippen LogP contribution in [0.25, 0.3) is 0 Å². The summed E-state index contributed by atoms with van der Waals surface area (Å²) in [6.07, 6.45) is 0. The number of benzene rings is 2. The molecule has 0 aromatic heterocycles. The van der Waals surface area contributed by atoms with E-state index in [1.54, 1.807) is 24.3 Å². The number of rotatable bonds is 3. The minimum absolute atomic E-state index is 0.224. The van der Waals surface area contributed by atoms with Crippen molar-refractivity contribution in [3.8, 4) is 5.75 Å². The van der Waals surface area contributed by atoms with Crippen molar-refractivity contribution in [3.05, 3.63) is 62.6 Å². The second-order valence-corrected chi connectivity index (χ2v) is 4.72. The van der Waals surface area contributed by atoms with Crippen molar-refractivity contribution in [1.29, 1.82) is 0 Å². The summed E-state index contributed by atoms with van der Waals surface area (Å²) in [7, 11) is 0. The Balaban J connectivity index is 2.38. The van der Waals surface area contributed by atoms with Gasteiger partial charge in [0.25, 0.3) is 11.6 Å². The van der Waals surface area contributed by atoms with Gasteiger partial charge in [-0.25, -0.2) is 0 Å². The van der Waals surface area contributed by atoms with Crippen molar-refractivity contribution in [2.45, 2.75) is 0 Å². The van der Waals surface area contributed by atoms with Crippen molar-refractivity contribution in [1.82, 2.24) is 0 Å². The number of phenols is 1. The number of carbonyl (C=O) groups excluding carboxylic acids is 1. The third-order valence-electron chi connectivity index (χ3n) is 2.57. The number of nitrogens with zero attached hydrogens (tertiary/aromatic N) is 1. The number of amides is 1. The van der Waals surface area contributed by atoms with Gasteiger partial charge in [-0.05, 0) is 34.1 Å². The molecule has 0 saturated carbocycles. The Morgan fingerprint density at radius 1 is 1.20 bits per heavy atom. The smallest absolute Gasteiger partial charge is 0.296 e. The lowest BCUT2D eigenvalue weighted by atomic mass is 10.2. The first kappa shape index (κ1) is 14.0. The number of hydrogen-bond acceptors (Lipinski definition) is 4. The summed E-state index contributed by atoms with van der Waals surface area (Å²) >= 11 is 3.22. The van der Waals surface area contributed by atoms with E-state index in [-0.39, 0.29) is 17.1 Å². The van der Waals surface area contributed by atoms with E-state index in [0.29, 0.717) is 10.0 Å². The van der Waals surface area contributed by atoms with Crippen LogP contribution < -0.4 is 5.32 Å². The SMILES string of the molecule is O=C(Nc1c(O)cccc1[N+](=O)[O-])c1ccccc1Br. The molecule has 2 rings (SSSR count). The van der Waals surface area contributed by atoms with Crippen molar-refractivity contribution in [3.63, 3.8) is 0 Å². The molecule has 1 amide bonds. The Kier molecular flexibility index (Phi) is 3.99. The van der Waals surface area contributed by atoms with Gasteiger partial charge in [-0.15, -0.1) is 0 Å². The van der Waals surface area contributed by atoms with Gasteiger partial charge in [0.2, 0.25) is 0 Å². The molecule has 2 N–H and O–H groups in total. The summed E-state index contributed by atoms with van der Waals surface area (Å²) in [4.78, 5) is 22.3. The quantitative estimate of drug-likeness (QED) is 0.510. The molecule has 0 radical (unpaired) electrons. The van der Waals surface area contributed by atoms with Crippen LogP contribution in [-0.4, -0.2) is 15.9 Å². The van der Waals surface area contributed by atoms with Crippen LogP contribution in [0.5, 0.6) is 5.75 Å². The molecule has 0 aliphatic heterocycles. The zero-order chi connectivity index (χ0) is 14.7. The highest BCUT2D eigenvalue weighted by Crippen LogP contribution is 2.33. The summed E-state index contributed by atoms with van der Waals surface area (Å²) in [6.45, 7) is 0. The molecular formula is C13H9BrN2O4. The summed E-state index contributed by atoms with van der Waals surface area (Å²) < 4.78 is 0.551. The average molecular weight is 337 g/mol. The van der Waals surface area contributed by atoms with Crippen molar-refractivity contribution < 1.29 is 14.8 Å². The molecule has 0 unspecified atom stereocenters. The van der Waals surface area contributed by atoms with E-state index in [0.717, 1.165) is 0 Å². The highest BCUT2D eigenvalue weighted by Gasteiger charge is 2.20.